The number of benzene rings is 1. The molecule has 5 heteroatoms. The van der Waals surface area contributed by atoms with Crippen LogP contribution in [0.2, 0.25) is 0 Å². The maximum Gasteiger partial charge on any atom is 0.255 e. The van der Waals surface area contributed by atoms with Gasteiger partial charge in [0.2, 0.25) is 5.91 Å². The second-order valence-corrected chi connectivity index (χ2v) is 7.70. The predicted octanol–water partition coefficient (Wildman–Crippen LogP) is 3.42. The number of nitrogens with one attached hydrogen (secondary N) is 2. The zero-order valence-electron chi connectivity index (χ0n) is 15.8. The van der Waals surface area contributed by atoms with Crippen LogP contribution in [0.25, 0.3) is 0 Å². The van der Waals surface area contributed by atoms with E-state index in [9.17, 15) is 9.59 Å². The van der Waals surface area contributed by atoms with Gasteiger partial charge in [0.15, 0.2) is 0 Å². The Balaban J connectivity index is 1.61. The summed E-state index contributed by atoms with van der Waals surface area (Å²) in [6, 6.07) is 7.69. The van der Waals surface area contributed by atoms with E-state index in [1.54, 1.807) is 0 Å². The van der Waals surface area contributed by atoms with Crippen LogP contribution < -0.4 is 10.6 Å². The third-order valence-corrected chi connectivity index (χ3v) is 5.82. The molecule has 0 radical (unpaired) electrons. The lowest BCUT2D eigenvalue weighted by Crippen LogP contribution is -2.38. The minimum absolute atomic E-state index is 0.00234. The summed E-state index contributed by atoms with van der Waals surface area (Å²) in [7, 11) is 1.89. The van der Waals surface area contributed by atoms with E-state index in [1.165, 1.54) is 19.3 Å². The van der Waals surface area contributed by atoms with Crippen LogP contribution in [-0.2, 0) is 4.79 Å². The van der Waals surface area contributed by atoms with E-state index >= 15 is 0 Å². The molecule has 26 heavy (non-hydrogen) atoms. The summed E-state index contributed by atoms with van der Waals surface area (Å²) in [5, 5.41) is 6.30. The second kappa shape index (κ2) is 9.17. The summed E-state index contributed by atoms with van der Waals surface area (Å²) in [6.45, 7) is 2.06. The summed E-state index contributed by atoms with van der Waals surface area (Å²) in [5.41, 5.74) is 1.23. The summed E-state index contributed by atoms with van der Waals surface area (Å²) < 4.78 is 0. The van der Waals surface area contributed by atoms with Crippen LogP contribution in [0.5, 0.6) is 0 Å². The number of hydrogen-bond donors (Lipinski definition) is 2. The fraction of sp³-hybridized carbons (Fsp3) is 0.619. The SMILES string of the molecule is CN(C(=O)c1ccccc1NC(=O)CCC1CCNC1)C1CCCCC1. The first kappa shape index (κ1) is 18.9. The number of hydrogen-bond acceptors (Lipinski definition) is 3. The summed E-state index contributed by atoms with van der Waals surface area (Å²) in [6.07, 6.45) is 8.35. The van der Waals surface area contributed by atoms with Gasteiger partial charge in [-0.1, -0.05) is 31.4 Å². The molecule has 2 fully saturated rings. The van der Waals surface area contributed by atoms with Crippen LogP contribution in [0.1, 0.15) is 61.7 Å². The minimum Gasteiger partial charge on any atom is -0.339 e. The Morgan fingerprint density at radius 1 is 1.15 bits per heavy atom. The summed E-state index contributed by atoms with van der Waals surface area (Å²) >= 11 is 0. The number of amides is 2. The van der Waals surface area contributed by atoms with Crippen LogP contribution in [0, 0.1) is 5.92 Å². The van der Waals surface area contributed by atoms with Crippen molar-refractivity contribution in [2.75, 3.05) is 25.5 Å². The van der Waals surface area contributed by atoms with Crippen molar-refractivity contribution in [3.63, 3.8) is 0 Å². The van der Waals surface area contributed by atoms with Crippen molar-refractivity contribution in [3.05, 3.63) is 29.8 Å². The first-order valence-electron chi connectivity index (χ1n) is 10.0. The topological polar surface area (TPSA) is 61.4 Å². The Hall–Kier alpha value is -1.88. The molecule has 142 valence electrons. The van der Waals surface area contributed by atoms with Crippen molar-refractivity contribution in [2.45, 2.75) is 57.4 Å². The zero-order valence-corrected chi connectivity index (χ0v) is 15.8. The number of rotatable bonds is 6. The van der Waals surface area contributed by atoms with Crippen molar-refractivity contribution in [3.8, 4) is 0 Å². The molecular weight excluding hydrogens is 326 g/mol. The van der Waals surface area contributed by atoms with Crippen molar-refractivity contribution in [1.29, 1.82) is 0 Å². The van der Waals surface area contributed by atoms with Crippen LogP contribution in [0.3, 0.4) is 0 Å². The maximum absolute atomic E-state index is 13.0. The average Bonchev–Trinajstić information content (AvgIpc) is 3.20. The van der Waals surface area contributed by atoms with Gasteiger partial charge in [-0.3, -0.25) is 9.59 Å². The van der Waals surface area contributed by atoms with Crippen molar-refractivity contribution < 1.29 is 9.59 Å². The fourth-order valence-electron chi connectivity index (χ4n) is 4.11. The Bertz CT molecular complexity index is 619. The molecular formula is C21H31N3O2. The highest BCUT2D eigenvalue weighted by Crippen LogP contribution is 2.25. The van der Waals surface area contributed by atoms with Crippen LogP contribution >= 0.6 is 0 Å². The number of nitrogens with zero attached hydrogens (tertiary/aromatic N) is 1. The zero-order chi connectivity index (χ0) is 18.4. The standard InChI is InChI=1S/C21H31N3O2/c1-24(17-7-3-2-4-8-17)21(26)18-9-5-6-10-19(18)23-20(25)12-11-16-13-14-22-15-16/h5-6,9-10,16-17,22H,2-4,7-8,11-15H2,1H3,(H,23,25). The van der Waals surface area contributed by atoms with Crippen molar-refractivity contribution >= 4 is 17.5 Å². The quantitative estimate of drug-likeness (QED) is 0.820. The molecule has 1 aliphatic heterocycles. The fourth-order valence-corrected chi connectivity index (χ4v) is 4.11. The molecule has 2 N–H and O–H groups in total. The predicted molar refractivity (Wildman–Crippen MR) is 104 cm³/mol. The van der Waals surface area contributed by atoms with Crippen molar-refractivity contribution in [1.82, 2.24) is 10.2 Å². The van der Waals surface area contributed by atoms with Crippen LogP contribution in [-0.4, -0.2) is 42.9 Å². The number of para-hydroxylation sites is 1. The molecule has 2 aliphatic rings. The van der Waals surface area contributed by atoms with E-state index in [2.05, 4.69) is 10.6 Å². The van der Waals surface area contributed by atoms with Gasteiger partial charge < -0.3 is 15.5 Å². The maximum atomic E-state index is 13.0. The van der Waals surface area contributed by atoms with E-state index in [0.717, 1.165) is 38.8 Å². The Labute approximate surface area is 156 Å². The molecule has 1 saturated carbocycles. The third-order valence-electron chi connectivity index (χ3n) is 5.82. The van der Waals surface area contributed by atoms with Gasteiger partial charge in [-0.2, -0.15) is 0 Å². The van der Waals surface area contributed by atoms with Crippen LogP contribution in [0.4, 0.5) is 5.69 Å². The van der Waals surface area contributed by atoms with Gasteiger partial charge in [-0.05, 0) is 56.8 Å². The van der Waals surface area contributed by atoms with E-state index in [-0.39, 0.29) is 11.8 Å². The molecule has 1 aliphatic carbocycles. The molecule has 0 aromatic heterocycles. The molecule has 1 saturated heterocycles. The molecule has 3 rings (SSSR count). The lowest BCUT2D eigenvalue weighted by molar-refractivity contribution is -0.116. The van der Waals surface area contributed by atoms with Crippen molar-refractivity contribution in [2.24, 2.45) is 5.92 Å². The highest BCUT2D eigenvalue weighted by molar-refractivity contribution is 6.03. The van der Waals surface area contributed by atoms with Gasteiger partial charge in [-0.15, -0.1) is 0 Å². The molecule has 1 unspecified atom stereocenters. The molecule has 2 amide bonds. The molecule has 0 spiro atoms. The Kier molecular flexibility index (Phi) is 6.67. The van der Waals surface area contributed by atoms with Crippen LogP contribution in [0.15, 0.2) is 24.3 Å². The smallest absolute Gasteiger partial charge is 0.255 e. The largest absolute Gasteiger partial charge is 0.339 e. The number of carbonyl (C=O) groups excluding carboxylic acids is 2. The van der Waals surface area contributed by atoms with E-state index in [0.29, 0.717) is 29.6 Å². The lowest BCUT2D eigenvalue weighted by atomic mass is 9.94. The molecule has 1 heterocycles. The molecule has 1 atom stereocenters. The Morgan fingerprint density at radius 2 is 1.92 bits per heavy atom. The van der Waals surface area contributed by atoms with Gasteiger partial charge in [0, 0.05) is 19.5 Å². The van der Waals surface area contributed by atoms with Gasteiger partial charge in [0.1, 0.15) is 0 Å². The second-order valence-electron chi connectivity index (χ2n) is 7.70. The number of carbonyl (C=O) groups is 2. The van der Waals surface area contributed by atoms with E-state index in [1.807, 2.05) is 36.2 Å². The van der Waals surface area contributed by atoms with Gasteiger partial charge in [-0.25, -0.2) is 0 Å². The first-order valence-corrected chi connectivity index (χ1v) is 10.0. The minimum atomic E-state index is -0.00234. The van der Waals surface area contributed by atoms with Gasteiger partial charge >= 0.3 is 0 Å². The first-order chi connectivity index (χ1) is 12.6. The molecule has 1 aromatic rings. The molecule has 0 bridgehead atoms. The number of anilines is 1. The van der Waals surface area contributed by atoms with E-state index in [4.69, 9.17) is 0 Å². The van der Waals surface area contributed by atoms with Gasteiger partial charge in [0.25, 0.3) is 5.91 Å². The summed E-state index contributed by atoms with van der Waals surface area (Å²) in [4.78, 5) is 27.2. The molecule has 1 aromatic carbocycles. The summed E-state index contributed by atoms with van der Waals surface area (Å²) in [5.74, 6) is 0.598. The highest BCUT2D eigenvalue weighted by atomic mass is 16.2. The van der Waals surface area contributed by atoms with E-state index < -0.39 is 0 Å². The Morgan fingerprint density at radius 3 is 2.65 bits per heavy atom. The third kappa shape index (κ3) is 4.85. The lowest BCUT2D eigenvalue weighted by Gasteiger charge is -2.31. The highest BCUT2D eigenvalue weighted by Gasteiger charge is 2.25. The van der Waals surface area contributed by atoms with Gasteiger partial charge in [0.05, 0.1) is 11.3 Å². The average molecular weight is 357 g/mol. The normalized spacial score (nSPS) is 20.7. The monoisotopic (exact) mass is 357 g/mol. The molecule has 5 nitrogen and oxygen atoms in total.